The standard InChI is InChI=1S/C13H10ClNO5S/c14-13-8-11(15(16)17)7-6-10(13)9-21(18,19)20-12-4-2-1-3-5-12/h1-8H,9H2. The highest BCUT2D eigenvalue weighted by molar-refractivity contribution is 7.86. The van der Waals surface area contributed by atoms with E-state index < -0.39 is 20.8 Å². The maximum Gasteiger partial charge on any atom is 0.313 e. The second-order valence-corrected chi connectivity index (χ2v) is 6.11. The summed E-state index contributed by atoms with van der Waals surface area (Å²) in [7, 11) is -3.90. The van der Waals surface area contributed by atoms with Crippen LogP contribution in [0.3, 0.4) is 0 Å². The molecule has 6 nitrogen and oxygen atoms in total. The number of halogens is 1. The van der Waals surface area contributed by atoms with Crippen molar-refractivity contribution in [2.75, 3.05) is 0 Å². The summed E-state index contributed by atoms with van der Waals surface area (Å²) in [6, 6.07) is 11.6. The van der Waals surface area contributed by atoms with Crippen LogP contribution in [-0.4, -0.2) is 13.3 Å². The minimum absolute atomic E-state index is 0.00411. The van der Waals surface area contributed by atoms with E-state index in [1.165, 1.54) is 24.3 Å². The molecule has 0 fully saturated rings. The minimum atomic E-state index is -3.90. The smallest absolute Gasteiger partial charge is 0.313 e. The van der Waals surface area contributed by atoms with Gasteiger partial charge in [0.05, 0.1) is 9.95 Å². The van der Waals surface area contributed by atoms with E-state index in [0.29, 0.717) is 0 Å². The highest BCUT2D eigenvalue weighted by Crippen LogP contribution is 2.25. The van der Waals surface area contributed by atoms with E-state index >= 15 is 0 Å². The summed E-state index contributed by atoms with van der Waals surface area (Å²) >= 11 is 5.86. The quantitative estimate of drug-likeness (QED) is 0.478. The lowest BCUT2D eigenvalue weighted by molar-refractivity contribution is -0.384. The first-order valence-corrected chi connectivity index (χ1v) is 7.73. The summed E-state index contributed by atoms with van der Waals surface area (Å²) in [6.45, 7) is 0. The van der Waals surface area contributed by atoms with Gasteiger partial charge in [-0.15, -0.1) is 0 Å². The zero-order chi connectivity index (χ0) is 15.5. The first-order chi connectivity index (χ1) is 9.87. The Balaban J connectivity index is 2.19. The Morgan fingerprint density at radius 3 is 2.38 bits per heavy atom. The molecule has 2 aromatic carbocycles. The second kappa shape index (κ2) is 6.11. The van der Waals surface area contributed by atoms with E-state index in [-0.39, 0.29) is 22.0 Å². The zero-order valence-corrected chi connectivity index (χ0v) is 12.2. The maximum atomic E-state index is 11.9. The van der Waals surface area contributed by atoms with Gasteiger partial charge < -0.3 is 4.18 Å². The van der Waals surface area contributed by atoms with Crippen molar-refractivity contribution in [3.05, 3.63) is 69.2 Å². The SMILES string of the molecule is O=[N+]([O-])c1ccc(CS(=O)(=O)Oc2ccccc2)c(Cl)c1. The number of rotatable bonds is 5. The molecule has 0 heterocycles. The van der Waals surface area contributed by atoms with Gasteiger partial charge in [-0.05, 0) is 23.8 Å². The predicted octanol–water partition coefficient (Wildman–Crippen LogP) is 3.16. The fourth-order valence-corrected chi connectivity index (χ4v) is 3.03. The van der Waals surface area contributed by atoms with Crippen molar-refractivity contribution in [2.24, 2.45) is 0 Å². The molecule has 0 saturated heterocycles. The van der Waals surface area contributed by atoms with E-state index in [0.717, 1.165) is 6.07 Å². The zero-order valence-electron chi connectivity index (χ0n) is 10.6. The monoisotopic (exact) mass is 327 g/mol. The third-order valence-corrected chi connectivity index (χ3v) is 4.01. The first kappa shape index (κ1) is 15.3. The van der Waals surface area contributed by atoms with Crippen molar-refractivity contribution < 1.29 is 17.5 Å². The van der Waals surface area contributed by atoms with Crippen LogP contribution in [0.4, 0.5) is 5.69 Å². The van der Waals surface area contributed by atoms with Crippen LogP contribution in [0.15, 0.2) is 48.5 Å². The number of hydrogen-bond donors (Lipinski definition) is 0. The minimum Gasteiger partial charge on any atom is -0.382 e. The molecule has 0 bridgehead atoms. The highest BCUT2D eigenvalue weighted by atomic mass is 35.5. The third kappa shape index (κ3) is 4.17. The van der Waals surface area contributed by atoms with Crippen molar-refractivity contribution in [3.8, 4) is 5.75 Å². The van der Waals surface area contributed by atoms with E-state index in [2.05, 4.69) is 0 Å². The van der Waals surface area contributed by atoms with E-state index in [1.807, 2.05) is 0 Å². The molecule has 0 aliphatic carbocycles. The highest BCUT2D eigenvalue weighted by Gasteiger charge is 2.18. The van der Waals surface area contributed by atoms with Crippen molar-refractivity contribution >= 4 is 27.4 Å². The molecule has 2 aromatic rings. The molecule has 0 radical (unpaired) electrons. The number of benzene rings is 2. The largest absolute Gasteiger partial charge is 0.382 e. The molecule has 0 saturated carbocycles. The Kier molecular flexibility index (Phi) is 4.44. The van der Waals surface area contributed by atoms with Crippen LogP contribution >= 0.6 is 11.6 Å². The topological polar surface area (TPSA) is 86.5 Å². The number of nitrogens with zero attached hydrogens (tertiary/aromatic N) is 1. The van der Waals surface area contributed by atoms with Gasteiger partial charge in [0.2, 0.25) is 0 Å². The van der Waals surface area contributed by atoms with Gasteiger partial charge in [-0.2, -0.15) is 8.42 Å². The third-order valence-electron chi connectivity index (χ3n) is 2.55. The lowest BCUT2D eigenvalue weighted by Crippen LogP contribution is -2.12. The normalized spacial score (nSPS) is 11.1. The van der Waals surface area contributed by atoms with Gasteiger partial charge in [0.1, 0.15) is 11.5 Å². The van der Waals surface area contributed by atoms with Crippen molar-refractivity contribution in [1.29, 1.82) is 0 Å². The Bertz CT molecular complexity index is 761. The van der Waals surface area contributed by atoms with Crippen LogP contribution in [0, 0.1) is 10.1 Å². The fraction of sp³-hybridized carbons (Fsp3) is 0.0769. The summed E-state index contributed by atoms with van der Waals surface area (Å²) in [6.07, 6.45) is 0. The van der Waals surface area contributed by atoms with Crippen LogP contribution in [0.1, 0.15) is 5.56 Å². The van der Waals surface area contributed by atoms with Crippen LogP contribution in [-0.2, 0) is 15.9 Å². The fourth-order valence-electron chi connectivity index (χ4n) is 1.61. The van der Waals surface area contributed by atoms with Gasteiger partial charge in [-0.3, -0.25) is 10.1 Å². The molecule has 21 heavy (non-hydrogen) atoms. The van der Waals surface area contributed by atoms with Gasteiger partial charge in [0.25, 0.3) is 5.69 Å². The summed E-state index contributed by atoms with van der Waals surface area (Å²) in [5.74, 6) is -0.283. The maximum absolute atomic E-state index is 11.9. The molecule has 0 aliphatic rings. The van der Waals surface area contributed by atoms with Gasteiger partial charge in [0, 0.05) is 12.1 Å². The first-order valence-electron chi connectivity index (χ1n) is 5.77. The van der Waals surface area contributed by atoms with Crippen molar-refractivity contribution in [2.45, 2.75) is 5.75 Å². The van der Waals surface area contributed by atoms with Crippen LogP contribution in [0.25, 0.3) is 0 Å². The summed E-state index contributed by atoms with van der Waals surface area (Å²) in [5.41, 5.74) is 0.0309. The van der Waals surface area contributed by atoms with Crippen molar-refractivity contribution in [3.63, 3.8) is 0 Å². The van der Waals surface area contributed by atoms with E-state index in [1.54, 1.807) is 18.2 Å². The number of hydrogen-bond acceptors (Lipinski definition) is 5. The molecule has 0 aliphatic heterocycles. The lowest BCUT2D eigenvalue weighted by atomic mass is 10.2. The average molecular weight is 328 g/mol. The Labute approximate surface area is 126 Å². The molecule has 8 heteroatoms. The number of non-ortho nitro benzene ring substituents is 1. The molecule has 0 atom stereocenters. The molecule has 0 amide bonds. The number of para-hydroxylation sites is 1. The Morgan fingerprint density at radius 2 is 1.81 bits per heavy atom. The van der Waals surface area contributed by atoms with E-state index in [4.69, 9.17) is 15.8 Å². The molecular formula is C13H10ClNO5S. The van der Waals surface area contributed by atoms with Gasteiger partial charge in [-0.25, -0.2) is 0 Å². The van der Waals surface area contributed by atoms with Gasteiger partial charge in [0.15, 0.2) is 0 Å². The van der Waals surface area contributed by atoms with Crippen LogP contribution in [0.2, 0.25) is 5.02 Å². The number of nitro groups is 1. The van der Waals surface area contributed by atoms with Gasteiger partial charge >= 0.3 is 10.1 Å². The molecular weight excluding hydrogens is 318 g/mol. The van der Waals surface area contributed by atoms with Gasteiger partial charge in [-0.1, -0.05) is 29.8 Å². The van der Waals surface area contributed by atoms with Crippen LogP contribution < -0.4 is 4.18 Å². The molecule has 110 valence electrons. The predicted molar refractivity (Wildman–Crippen MR) is 77.8 cm³/mol. The summed E-state index contributed by atoms with van der Waals surface area (Å²) < 4.78 is 28.8. The molecule has 0 N–H and O–H groups in total. The molecule has 0 spiro atoms. The Morgan fingerprint density at radius 1 is 1.14 bits per heavy atom. The Hall–Kier alpha value is -2.12. The molecule has 0 unspecified atom stereocenters. The summed E-state index contributed by atoms with van der Waals surface area (Å²) in [4.78, 5) is 9.99. The number of nitro benzene ring substituents is 1. The van der Waals surface area contributed by atoms with Crippen molar-refractivity contribution in [1.82, 2.24) is 0 Å². The van der Waals surface area contributed by atoms with E-state index in [9.17, 15) is 18.5 Å². The lowest BCUT2D eigenvalue weighted by Gasteiger charge is -2.08. The summed E-state index contributed by atoms with van der Waals surface area (Å²) in [5, 5.41) is 10.6. The second-order valence-electron chi connectivity index (χ2n) is 4.13. The molecule has 2 rings (SSSR count). The average Bonchev–Trinajstić information content (AvgIpc) is 2.41. The molecule has 0 aromatic heterocycles. The van der Waals surface area contributed by atoms with Crippen LogP contribution in [0.5, 0.6) is 5.75 Å².